The summed E-state index contributed by atoms with van der Waals surface area (Å²) in [6.07, 6.45) is 1.30. The van der Waals surface area contributed by atoms with Crippen molar-refractivity contribution in [2.24, 2.45) is 11.7 Å². The second-order valence-electron chi connectivity index (χ2n) is 7.17. The number of rotatable bonds is 14. The van der Waals surface area contributed by atoms with Crippen LogP contribution in [0.1, 0.15) is 40.0 Å². The molecule has 4 unspecified atom stereocenters. The van der Waals surface area contributed by atoms with Crippen LogP contribution in [0.3, 0.4) is 0 Å². The molecule has 0 bridgehead atoms. The number of thioether (sulfide) groups is 1. The van der Waals surface area contributed by atoms with Crippen molar-refractivity contribution in [3.05, 3.63) is 0 Å². The zero-order valence-corrected chi connectivity index (χ0v) is 18.5. The van der Waals surface area contributed by atoms with Crippen LogP contribution in [0.4, 0.5) is 0 Å². The minimum Gasteiger partial charge on any atom is -0.481 e. The van der Waals surface area contributed by atoms with Gasteiger partial charge in [-0.3, -0.25) is 19.2 Å². The van der Waals surface area contributed by atoms with E-state index in [9.17, 15) is 29.1 Å². The first kappa shape index (κ1) is 27.7. The fraction of sp³-hybridized carbons (Fsp3) is 0.722. The van der Waals surface area contributed by atoms with Crippen LogP contribution in [-0.4, -0.2) is 76.0 Å². The Morgan fingerprint density at radius 3 is 1.90 bits per heavy atom. The summed E-state index contributed by atoms with van der Waals surface area (Å²) < 4.78 is 0. The lowest BCUT2D eigenvalue weighted by Crippen LogP contribution is -2.56. The maximum Gasteiger partial charge on any atom is 0.326 e. The fourth-order valence-corrected chi connectivity index (χ4v) is 2.75. The van der Waals surface area contributed by atoms with Crippen molar-refractivity contribution in [3.8, 4) is 0 Å². The van der Waals surface area contributed by atoms with Crippen molar-refractivity contribution in [1.82, 2.24) is 16.0 Å². The Morgan fingerprint density at radius 1 is 0.867 bits per heavy atom. The number of carboxylic acids is 2. The summed E-state index contributed by atoms with van der Waals surface area (Å²) in [7, 11) is 0. The van der Waals surface area contributed by atoms with Crippen LogP contribution in [0.2, 0.25) is 0 Å². The first-order valence-corrected chi connectivity index (χ1v) is 10.9. The third kappa shape index (κ3) is 10.4. The summed E-state index contributed by atoms with van der Waals surface area (Å²) >= 11 is 1.41. The lowest BCUT2D eigenvalue weighted by atomic mass is 10.0. The highest BCUT2D eigenvalue weighted by Gasteiger charge is 2.29. The molecule has 172 valence electrons. The Hall–Kier alpha value is -2.34. The standard InChI is InChI=1S/C18H32N4O7S/c1-9(2)14(19)17(27)20-10(3)15(25)21-11(5-6-13(23)24)16(26)22-12(18(28)29)7-8-30-4/h9-12,14H,5-8,19H2,1-4H3,(H,20,27)(H,21,25)(H,22,26)(H,23,24)(H,28,29). The predicted molar refractivity (Wildman–Crippen MR) is 112 cm³/mol. The lowest BCUT2D eigenvalue weighted by Gasteiger charge is -2.24. The molecule has 7 N–H and O–H groups in total. The molecule has 0 aliphatic heterocycles. The van der Waals surface area contributed by atoms with Gasteiger partial charge in [0, 0.05) is 6.42 Å². The second kappa shape index (κ2) is 13.8. The molecule has 0 aromatic heterocycles. The molecule has 0 aromatic rings. The minimum absolute atomic E-state index is 0.149. The van der Waals surface area contributed by atoms with Gasteiger partial charge < -0.3 is 31.9 Å². The molecule has 0 heterocycles. The zero-order valence-electron chi connectivity index (χ0n) is 17.6. The maximum atomic E-state index is 12.5. The molecular formula is C18H32N4O7S. The van der Waals surface area contributed by atoms with E-state index in [4.69, 9.17) is 10.8 Å². The van der Waals surface area contributed by atoms with Crippen molar-refractivity contribution < 1.29 is 34.2 Å². The number of carboxylic acid groups (broad SMARTS) is 2. The maximum absolute atomic E-state index is 12.5. The summed E-state index contributed by atoms with van der Waals surface area (Å²) in [6, 6.07) is -4.30. The monoisotopic (exact) mass is 448 g/mol. The Bertz CT molecular complexity index is 630. The van der Waals surface area contributed by atoms with Gasteiger partial charge in [-0.05, 0) is 37.7 Å². The molecule has 11 nitrogen and oxygen atoms in total. The van der Waals surface area contributed by atoms with Crippen LogP contribution >= 0.6 is 11.8 Å². The molecule has 3 amide bonds. The number of hydrogen-bond acceptors (Lipinski definition) is 7. The Balaban J connectivity index is 5.16. The van der Waals surface area contributed by atoms with E-state index in [1.165, 1.54) is 18.7 Å². The fourth-order valence-electron chi connectivity index (χ4n) is 2.28. The van der Waals surface area contributed by atoms with E-state index >= 15 is 0 Å². The smallest absolute Gasteiger partial charge is 0.326 e. The van der Waals surface area contributed by atoms with Crippen LogP contribution in [-0.2, 0) is 24.0 Å². The molecule has 0 saturated carbocycles. The highest BCUT2D eigenvalue weighted by Crippen LogP contribution is 2.05. The van der Waals surface area contributed by atoms with Crippen molar-refractivity contribution in [1.29, 1.82) is 0 Å². The molecule has 30 heavy (non-hydrogen) atoms. The Morgan fingerprint density at radius 2 is 1.43 bits per heavy atom. The molecule has 12 heteroatoms. The number of hydrogen-bond donors (Lipinski definition) is 6. The first-order valence-electron chi connectivity index (χ1n) is 9.50. The van der Waals surface area contributed by atoms with Crippen LogP contribution in [0.25, 0.3) is 0 Å². The molecule has 4 atom stereocenters. The van der Waals surface area contributed by atoms with Crippen LogP contribution in [0, 0.1) is 5.92 Å². The molecule has 0 rings (SSSR count). The van der Waals surface area contributed by atoms with Gasteiger partial charge >= 0.3 is 11.9 Å². The average molecular weight is 449 g/mol. The van der Waals surface area contributed by atoms with E-state index in [1.54, 1.807) is 20.1 Å². The minimum atomic E-state index is -1.28. The van der Waals surface area contributed by atoms with Crippen LogP contribution < -0.4 is 21.7 Å². The van der Waals surface area contributed by atoms with Gasteiger partial charge in [0.1, 0.15) is 18.1 Å². The van der Waals surface area contributed by atoms with Crippen molar-refractivity contribution >= 4 is 41.4 Å². The van der Waals surface area contributed by atoms with E-state index in [1.807, 2.05) is 0 Å². The lowest BCUT2D eigenvalue weighted by molar-refractivity contribution is -0.143. The number of amides is 3. The van der Waals surface area contributed by atoms with Gasteiger partial charge in [0.2, 0.25) is 17.7 Å². The molecule has 0 aliphatic carbocycles. The molecule has 0 saturated heterocycles. The topological polar surface area (TPSA) is 188 Å². The van der Waals surface area contributed by atoms with Gasteiger partial charge in [0.15, 0.2) is 0 Å². The molecule has 0 aliphatic rings. The number of nitrogens with two attached hydrogens (primary N) is 1. The SMILES string of the molecule is CSCCC(NC(=O)C(CCC(=O)O)NC(=O)C(C)NC(=O)C(N)C(C)C)C(=O)O. The third-order valence-corrected chi connectivity index (χ3v) is 4.92. The van der Waals surface area contributed by atoms with Gasteiger partial charge in [-0.25, -0.2) is 4.79 Å². The molecule has 0 radical (unpaired) electrons. The third-order valence-electron chi connectivity index (χ3n) is 4.28. The van der Waals surface area contributed by atoms with E-state index in [0.717, 1.165) is 0 Å². The largest absolute Gasteiger partial charge is 0.481 e. The van der Waals surface area contributed by atoms with E-state index in [2.05, 4.69) is 16.0 Å². The van der Waals surface area contributed by atoms with Crippen molar-refractivity contribution in [2.75, 3.05) is 12.0 Å². The molecular weight excluding hydrogens is 416 g/mol. The van der Waals surface area contributed by atoms with E-state index in [-0.39, 0.29) is 18.8 Å². The molecule has 0 fully saturated rings. The average Bonchev–Trinajstić information content (AvgIpc) is 2.66. The van der Waals surface area contributed by atoms with E-state index < -0.39 is 60.2 Å². The molecule has 0 spiro atoms. The van der Waals surface area contributed by atoms with Crippen molar-refractivity contribution in [2.45, 2.75) is 64.2 Å². The van der Waals surface area contributed by atoms with Gasteiger partial charge in [0.05, 0.1) is 6.04 Å². The Kier molecular flexibility index (Phi) is 12.7. The zero-order chi connectivity index (χ0) is 23.4. The summed E-state index contributed by atoms with van der Waals surface area (Å²) in [4.78, 5) is 59.2. The second-order valence-corrected chi connectivity index (χ2v) is 8.16. The van der Waals surface area contributed by atoms with Gasteiger partial charge in [-0.15, -0.1) is 0 Å². The van der Waals surface area contributed by atoms with Gasteiger partial charge in [0.25, 0.3) is 0 Å². The number of carbonyl (C=O) groups excluding carboxylic acids is 3. The van der Waals surface area contributed by atoms with Crippen LogP contribution in [0.5, 0.6) is 0 Å². The number of nitrogens with one attached hydrogen (secondary N) is 3. The first-order chi connectivity index (χ1) is 13.9. The highest BCUT2D eigenvalue weighted by atomic mass is 32.2. The normalized spacial score (nSPS) is 14.9. The molecule has 0 aromatic carbocycles. The van der Waals surface area contributed by atoms with Crippen molar-refractivity contribution in [3.63, 3.8) is 0 Å². The van der Waals surface area contributed by atoms with Gasteiger partial charge in [-0.2, -0.15) is 11.8 Å². The van der Waals surface area contributed by atoms with Gasteiger partial charge in [-0.1, -0.05) is 13.8 Å². The Labute approximate surface area is 179 Å². The van der Waals surface area contributed by atoms with E-state index in [0.29, 0.717) is 5.75 Å². The number of aliphatic carboxylic acids is 2. The number of carbonyl (C=O) groups is 5. The summed E-state index contributed by atoms with van der Waals surface area (Å²) in [5, 5.41) is 25.3. The highest BCUT2D eigenvalue weighted by molar-refractivity contribution is 7.98. The predicted octanol–water partition coefficient (Wildman–Crippen LogP) is -0.853. The summed E-state index contributed by atoms with van der Waals surface area (Å²) in [6.45, 7) is 4.89. The van der Waals surface area contributed by atoms with Crippen LogP contribution in [0.15, 0.2) is 0 Å². The quantitative estimate of drug-likeness (QED) is 0.197. The summed E-state index contributed by atoms with van der Waals surface area (Å²) in [5.41, 5.74) is 5.73. The summed E-state index contributed by atoms with van der Waals surface area (Å²) in [5.74, 6) is -4.14.